The Kier molecular flexibility index (Phi) is 6.17. The van der Waals surface area contributed by atoms with E-state index in [-0.39, 0.29) is 31.4 Å². The van der Waals surface area contributed by atoms with Crippen molar-refractivity contribution in [1.29, 1.82) is 0 Å². The average molecular weight is 437 g/mol. The monoisotopic (exact) mass is 436 g/mol. The number of carbonyl (C=O) groups excluding carboxylic acids is 2. The summed E-state index contributed by atoms with van der Waals surface area (Å²) in [6.07, 6.45) is 1.19. The van der Waals surface area contributed by atoms with Crippen LogP contribution in [0, 0.1) is 5.41 Å². The standard InChI is InChI=1S/C25H28N2O5/c1-2-16(13-22(28)29)27-23(30)25(11-12-25)15-26-24(31)32-14-21-19-9-5-3-7-17(19)18-8-4-6-10-20(18)21/h3-10,16,21H,2,11-15H2,1H3,(H,26,31)(H,27,30)(H,28,29). The van der Waals surface area contributed by atoms with Gasteiger partial charge in [0.05, 0.1) is 11.8 Å². The number of carboxylic acids is 1. The fraction of sp³-hybridized carbons (Fsp3) is 0.400. The molecule has 0 bridgehead atoms. The Morgan fingerprint density at radius 1 is 1.06 bits per heavy atom. The highest BCUT2D eigenvalue weighted by molar-refractivity contribution is 5.87. The molecule has 1 fully saturated rings. The van der Waals surface area contributed by atoms with Crippen molar-refractivity contribution in [3.63, 3.8) is 0 Å². The lowest BCUT2D eigenvalue weighted by Gasteiger charge is -2.21. The van der Waals surface area contributed by atoms with Gasteiger partial charge in [0, 0.05) is 18.5 Å². The van der Waals surface area contributed by atoms with Gasteiger partial charge < -0.3 is 20.5 Å². The van der Waals surface area contributed by atoms with E-state index in [9.17, 15) is 14.4 Å². The van der Waals surface area contributed by atoms with Crippen LogP contribution >= 0.6 is 0 Å². The minimum absolute atomic E-state index is 0.0207. The molecule has 2 aromatic carbocycles. The molecule has 2 aliphatic carbocycles. The summed E-state index contributed by atoms with van der Waals surface area (Å²) in [5, 5.41) is 14.5. The highest BCUT2D eigenvalue weighted by Gasteiger charge is 2.50. The van der Waals surface area contributed by atoms with Crippen LogP contribution < -0.4 is 10.6 Å². The molecule has 7 heteroatoms. The van der Waals surface area contributed by atoms with E-state index in [1.807, 2.05) is 31.2 Å². The van der Waals surface area contributed by atoms with Gasteiger partial charge in [-0.1, -0.05) is 55.5 Å². The highest BCUT2D eigenvalue weighted by Crippen LogP contribution is 2.46. The second-order valence-electron chi connectivity index (χ2n) is 8.64. The Morgan fingerprint density at radius 3 is 2.19 bits per heavy atom. The van der Waals surface area contributed by atoms with E-state index in [1.54, 1.807) is 0 Å². The molecule has 2 aliphatic rings. The van der Waals surface area contributed by atoms with Crippen molar-refractivity contribution < 1.29 is 24.2 Å². The van der Waals surface area contributed by atoms with Crippen LogP contribution in [-0.4, -0.2) is 42.3 Å². The smallest absolute Gasteiger partial charge is 0.407 e. The summed E-state index contributed by atoms with van der Waals surface area (Å²) in [5.41, 5.74) is 3.94. The number of hydrogen-bond acceptors (Lipinski definition) is 4. The van der Waals surface area contributed by atoms with Crippen molar-refractivity contribution in [2.24, 2.45) is 5.41 Å². The number of hydrogen-bond donors (Lipinski definition) is 3. The topological polar surface area (TPSA) is 105 Å². The van der Waals surface area contributed by atoms with Crippen LogP contribution in [0.2, 0.25) is 0 Å². The predicted molar refractivity (Wildman–Crippen MR) is 119 cm³/mol. The van der Waals surface area contributed by atoms with Crippen molar-refractivity contribution >= 4 is 18.0 Å². The molecule has 1 saturated carbocycles. The fourth-order valence-electron chi connectivity index (χ4n) is 4.37. The number of alkyl carbamates (subject to hydrolysis) is 1. The van der Waals surface area contributed by atoms with E-state index in [2.05, 4.69) is 34.9 Å². The molecule has 2 aromatic rings. The molecule has 1 atom stereocenters. The third kappa shape index (κ3) is 4.47. The molecule has 0 heterocycles. The number of carbonyl (C=O) groups is 3. The maximum Gasteiger partial charge on any atom is 0.407 e. The second-order valence-corrected chi connectivity index (χ2v) is 8.64. The first-order valence-corrected chi connectivity index (χ1v) is 11.0. The number of rotatable bonds is 9. The van der Waals surface area contributed by atoms with E-state index in [0.717, 1.165) is 22.3 Å². The summed E-state index contributed by atoms with van der Waals surface area (Å²) in [6, 6.07) is 15.9. The van der Waals surface area contributed by atoms with E-state index >= 15 is 0 Å². The molecule has 0 saturated heterocycles. The fourth-order valence-corrected chi connectivity index (χ4v) is 4.37. The van der Waals surface area contributed by atoms with Crippen LogP contribution in [0.5, 0.6) is 0 Å². The summed E-state index contributed by atoms with van der Waals surface area (Å²) in [5.74, 6) is -1.17. The molecule has 7 nitrogen and oxygen atoms in total. The Morgan fingerprint density at radius 2 is 1.66 bits per heavy atom. The third-order valence-electron chi connectivity index (χ3n) is 6.50. The van der Waals surface area contributed by atoms with E-state index < -0.39 is 23.5 Å². The van der Waals surface area contributed by atoms with Gasteiger partial charge >= 0.3 is 12.1 Å². The first kappa shape index (κ1) is 21.9. The molecular formula is C25H28N2O5. The Bertz CT molecular complexity index is 985. The molecule has 3 N–H and O–H groups in total. The van der Waals surface area contributed by atoms with Crippen molar-refractivity contribution in [2.75, 3.05) is 13.2 Å². The number of amides is 2. The van der Waals surface area contributed by atoms with Crippen LogP contribution in [0.4, 0.5) is 4.79 Å². The molecule has 4 rings (SSSR count). The van der Waals surface area contributed by atoms with Crippen molar-refractivity contribution in [3.05, 3.63) is 59.7 Å². The molecular weight excluding hydrogens is 408 g/mol. The van der Waals surface area contributed by atoms with Gasteiger partial charge in [0.1, 0.15) is 6.61 Å². The molecule has 0 spiro atoms. The maximum absolute atomic E-state index is 12.6. The van der Waals surface area contributed by atoms with Crippen molar-refractivity contribution in [2.45, 2.75) is 44.6 Å². The Balaban J connectivity index is 1.31. The van der Waals surface area contributed by atoms with Crippen LogP contribution in [0.3, 0.4) is 0 Å². The second kappa shape index (κ2) is 9.02. The SMILES string of the molecule is CCC(CC(=O)O)NC(=O)C1(CNC(=O)OCC2c3ccccc3-c3ccccc32)CC1. The quantitative estimate of drug-likeness (QED) is 0.556. The zero-order valence-corrected chi connectivity index (χ0v) is 18.1. The van der Waals surface area contributed by atoms with Crippen LogP contribution in [0.1, 0.15) is 49.7 Å². The summed E-state index contributed by atoms with van der Waals surface area (Å²) in [6.45, 7) is 2.23. The zero-order chi connectivity index (χ0) is 22.7. The number of nitrogens with one attached hydrogen (secondary N) is 2. The van der Waals surface area contributed by atoms with Gasteiger partial charge in [-0.05, 0) is 41.5 Å². The largest absolute Gasteiger partial charge is 0.481 e. The number of benzene rings is 2. The number of fused-ring (bicyclic) bond motifs is 3. The van der Waals surface area contributed by atoms with Gasteiger partial charge in [0.2, 0.25) is 5.91 Å². The molecule has 32 heavy (non-hydrogen) atoms. The molecule has 0 radical (unpaired) electrons. The first-order valence-electron chi connectivity index (χ1n) is 11.0. The highest BCUT2D eigenvalue weighted by atomic mass is 16.5. The summed E-state index contributed by atoms with van der Waals surface area (Å²) in [4.78, 5) is 36.0. The molecule has 0 aromatic heterocycles. The van der Waals surface area contributed by atoms with E-state index in [0.29, 0.717) is 19.3 Å². The van der Waals surface area contributed by atoms with Crippen LogP contribution in [-0.2, 0) is 14.3 Å². The molecule has 0 aliphatic heterocycles. The van der Waals surface area contributed by atoms with Gasteiger partial charge in [-0.3, -0.25) is 9.59 Å². The number of aliphatic carboxylic acids is 1. The summed E-state index contributed by atoms with van der Waals surface area (Å²) in [7, 11) is 0. The lowest BCUT2D eigenvalue weighted by atomic mass is 9.98. The van der Waals surface area contributed by atoms with Crippen LogP contribution in [0.15, 0.2) is 48.5 Å². The normalized spacial score (nSPS) is 16.4. The van der Waals surface area contributed by atoms with Gasteiger partial charge in [0.25, 0.3) is 0 Å². The Labute approximate surface area is 187 Å². The Hall–Kier alpha value is -3.35. The number of ether oxygens (including phenoxy) is 1. The van der Waals surface area contributed by atoms with Crippen LogP contribution in [0.25, 0.3) is 11.1 Å². The lowest BCUT2D eigenvalue weighted by molar-refractivity contribution is -0.138. The third-order valence-corrected chi connectivity index (χ3v) is 6.50. The van der Waals surface area contributed by atoms with Gasteiger partial charge in [-0.2, -0.15) is 0 Å². The summed E-state index contributed by atoms with van der Waals surface area (Å²) >= 11 is 0. The first-order chi connectivity index (χ1) is 15.4. The minimum Gasteiger partial charge on any atom is -0.481 e. The van der Waals surface area contributed by atoms with Gasteiger partial charge in [0.15, 0.2) is 0 Å². The summed E-state index contributed by atoms with van der Waals surface area (Å²) < 4.78 is 5.54. The van der Waals surface area contributed by atoms with E-state index in [4.69, 9.17) is 9.84 Å². The predicted octanol–water partition coefficient (Wildman–Crippen LogP) is 3.67. The van der Waals surface area contributed by atoms with Crippen molar-refractivity contribution in [3.8, 4) is 11.1 Å². The lowest BCUT2D eigenvalue weighted by Crippen LogP contribution is -2.45. The molecule has 1 unspecified atom stereocenters. The molecule has 168 valence electrons. The molecule has 2 amide bonds. The van der Waals surface area contributed by atoms with Crippen molar-refractivity contribution in [1.82, 2.24) is 10.6 Å². The average Bonchev–Trinajstić information content (AvgIpc) is 3.52. The van der Waals surface area contributed by atoms with Gasteiger partial charge in [-0.25, -0.2) is 4.79 Å². The maximum atomic E-state index is 12.6. The number of carboxylic acid groups (broad SMARTS) is 1. The zero-order valence-electron chi connectivity index (χ0n) is 18.1. The minimum atomic E-state index is -0.946. The van der Waals surface area contributed by atoms with Gasteiger partial charge in [-0.15, -0.1) is 0 Å². The van der Waals surface area contributed by atoms with E-state index in [1.165, 1.54) is 0 Å².